The van der Waals surface area contributed by atoms with Crippen LogP contribution in [0, 0.1) is 6.92 Å². The summed E-state index contributed by atoms with van der Waals surface area (Å²) in [4.78, 5) is 9.37. The maximum Gasteiger partial charge on any atom is 0.243 e. The minimum atomic E-state index is -0.0879. The summed E-state index contributed by atoms with van der Waals surface area (Å²) >= 11 is 0. The summed E-state index contributed by atoms with van der Waals surface area (Å²) in [5.41, 5.74) is 0.846. The smallest absolute Gasteiger partial charge is 0.243 e. The van der Waals surface area contributed by atoms with Gasteiger partial charge >= 0.3 is 0 Å². The van der Waals surface area contributed by atoms with Gasteiger partial charge in [-0.2, -0.15) is 4.98 Å². The Labute approximate surface area is 143 Å². The Morgan fingerprint density at radius 3 is 2.38 bits per heavy atom. The second-order valence-corrected chi connectivity index (χ2v) is 7.63. The van der Waals surface area contributed by atoms with Gasteiger partial charge in [0.05, 0.1) is 18.3 Å². The lowest BCUT2D eigenvalue weighted by Gasteiger charge is -2.36. The zero-order chi connectivity index (χ0) is 17.3. The Morgan fingerprint density at radius 1 is 1.12 bits per heavy atom. The Kier molecular flexibility index (Phi) is 4.73. The number of rotatable bonds is 4. The van der Waals surface area contributed by atoms with Crippen LogP contribution in [0.15, 0.2) is 15.1 Å². The van der Waals surface area contributed by atoms with E-state index in [1.807, 2.05) is 13.0 Å². The van der Waals surface area contributed by atoms with Crippen molar-refractivity contribution in [3.05, 3.63) is 29.2 Å². The second-order valence-electron chi connectivity index (χ2n) is 7.63. The summed E-state index contributed by atoms with van der Waals surface area (Å²) in [7, 11) is 0. The van der Waals surface area contributed by atoms with Gasteiger partial charge in [-0.05, 0) is 13.8 Å². The lowest BCUT2D eigenvalue weighted by atomic mass is 9.96. The van der Waals surface area contributed by atoms with E-state index in [-0.39, 0.29) is 11.5 Å². The van der Waals surface area contributed by atoms with Crippen LogP contribution in [0.1, 0.15) is 56.9 Å². The first-order valence-electron chi connectivity index (χ1n) is 8.55. The van der Waals surface area contributed by atoms with E-state index in [1.54, 1.807) is 0 Å². The highest BCUT2D eigenvalue weighted by molar-refractivity contribution is 5.04. The molecule has 0 aromatic carbocycles. The molecule has 7 nitrogen and oxygen atoms in total. The van der Waals surface area contributed by atoms with E-state index in [9.17, 15) is 0 Å². The third-order valence-electron chi connectivity index (χ3n) is 4.48. The summed E-state index contributed by atoms with van der Waals surface area (Å²) in [6.45, 7) is 15.1. The average molecular weight is 333 g/mol. The topological polar surface area (TPSA) is 71.4 Å². The molecular formula is C17H27N5O2. The highest BCUT2D eigenvalue weighted by Gasteiger charge is 2.28. The highest BCUT2D eigenvalue weighted by Crippen LogP contribution is 2.24. The van der Waals surface area contributed by atoms with Crippen molar-refractivity contribution < 1.29 is 9.05 Å². The Bertz CT molecular complexity index is 665. The maximum absolute atomic E-state index is 5.49. The van der Waals surface area contributed by atoms with Crippen LogP contribution in [0.2, 0.25) is 0 Å². The van der Waals surface area contributed by atoms with Crippen LogP contribution in [0.4, 0.5) is 0 Å². The van der Waals surface area contributed by atoms with Gasteiger partial charge in [0.2, 0.25) is 5.89 Å². The fourth-order valence-corrected chi connectivity index (χ4v) is 2.89. The minimum absolute atomic E-state index is 0.0879. The quantitative estimate of drug-likeness (QED) is 0.851. The molecule has 0 bridgehead atoms. The van der Waals surface area contributed by atoms with E-state index in [0.717, 1.165) is 50.0 Å². The van der Waals surface area contributed by atoms with E-state index in [2.05, 4.69) is 52.8 Å². The molecule has 0 saturated carbocycles. The Morgan fingerprint density at radius 2 is 1.83 bits per heavy atom. The normalized spacial score (nSPS) is 18.9. The maximum atomic E-state index is 5.49. The number of hydrogen-bond donors (Lipinski definition) is 0. The predicted molar refractivity (Wildman–Crippen MR) is 89.5 cm³/mol. The largest absolute Gasteiger partial charge is 0.360 e. The van der Waals surface area contributed by atoms with Gasteiger partial charge in [0.1, 0.15) is 0 Å². The molecule has 1 saturated heterocycles. The van der Waals surface area contributed by atoms with Crippen LogP contribution in [-0.2, 0) is 12.0 Å². The molecule has 1 atom stereocenters. The molecule has 0 radical (unpaired) electrons. The van der Waals surface area contributed by atoms with Crippen molar-refractivity contribution in [1.82, 2.24) is 25.1 Å². The molecule has 3 rings (SSSR count). The monoisotopic (exact) mass is 333 g/mol. The fourth-order valence-electron chi connectivity index (χ4n) is 2.89. The van der Waals surface area contributed by atoms with Gasteiger partial charge < -0.3 is 9.05 Å². The van der Waals surface area contributed by atoms with E-state index < -0.39 is 0 Å². The van der Waals surface area contributed by atoms with Gasteiger partial charge in [-0.3, -0.25) is 9.80 Å². The molecule has 0 aliphatic carbocycles. The Balaban J connectivity index is 1.55. The molecule has 24 heavy (non-hydrogen) atoms. The zero-order valence-corrected chi connectivity index (χ0v) is 15.2. The molecule has 132 valence electrons. The predicted octanol–water partition coefficient (Wildman–Crippen LogP) is 2.54. The van der Waals surface area contributed by atoms with Gasteiger partial charge in [0.25, 0.3) is 0 Å². The molecule has 2 aromatic rings. The number of aromatic nitrogens is 3. The number of nitrogens with zero attached hydrogens (tertiary/aromatic N) is 5. The second kappa shape index (κ2) is 6.64. The number of aryl methyl sites for hydroxylation is 1. The van der Waals surface area contributed by atoms with Gasteiger partial charge in [-0.15, -0.1) is 0 Å². The molecule has 1 aliphatic rings. The summed E-state index contributed by atoms with van der Waals surface area (Å²) in [5.74, 6) is 2.41. The van der Waals surface area contributed by atoms with Gasteiger partial charge in [-0.25, -0.2) is 0 Å². The van der Waals surface area contributed by atoms with Gasteiger partial charge in [0.15, 0.2) is 11.6 Å². The van der Waals surface area contributed by atoms with Crippen LogP contribution >= 0.6 is 0 Å². The van der Waals surface area contributed by atoms with E-state index >= 15 is 0 Å². The van der Waals surface area contributed by atoms with Crippen LogP contribution in [0.3, 0.4) is 0 Å². The molecule has 3 heterocycles. The van der Waals surface area contributed by atoms with Crippen molar-refractivity contribution in [3.63, 3.8) is 0 Å². The van der Waals surface area contributed by atoms with Crippen molar-refractivity contribution in [1.29, 1.82) is 0 Å². The molecule has 0 amide bonds. The number of piperazine rings is 1. The van der Waals surface area contributed by atoms with Crippen molar-refractivity contribution >= 4 is 0 Å². The molecule has 7 heteroatoms. The van der Waals surface area contributed by atoms with Crippen LogP contribution in [-0.4, -0.2) is 51.3 Å². The standard InChI is InChI=1S/C17H27N5O2/c1-12-10-14(23-19-12)11-21-6-8-22(9-7-21)13(2)15-18-16(20-24-15)17(3,4)5/h10,13H,6-9,11H2,1-5H3/t13-/m0/s1. The summed E-state index contributed by atoms with van der Waals surface area (Å²) < 4.78 is 10.8. The van der Waals surface area contributed by atoms with Gasteiger partial charge in [-0.1, -0.05) is 31.1 Å². The third kappa shape index (κ3) is 3.84. The molecule has 1 aliphatic heterocycles. The lowest BCUT2D eigenvalue weighted by molar-refractivity contribution is 0.0795. The summed E-state index contributed by atoms with van der Waals surface area (Å²) in [6, 6.07) is 2.14. The molecular weight excluding hydrogens is 306 g/mol. The Hall–Kier alpha value is -1.73. The summed E-state index contributed by atoms with van der Waals surface area (Å²) in [5, 5.41) is 8.08. The van der Waals surface area contributed by atoms with Gasteiger partial charge in [0, 0.05) is 37.7 Å². The fraction of sp³-hybridized carbons (Fsp3) is 0.706. The molecule has 0 spiro atoms. The third-order valence-corrected chi connectivity index (χ3v) is 4.48. The first-order chi connectivity index (χ1) is 11.3. The van der Waals surface area contributed by atoms with E-state index in [0.29, 0.717) is 5.89 Å². The first-order valence-corrected chi connectivity index (χ1v) is 8.55. The molecule has 0 N–H and O–H groups in total. The molecule has 0 unspecified atom stereocenters. The number of hydrogen-bond acceptors (Lipinski definition) is 7. The van der Waals surface area contributed by atoms with Crippen LogP contribution < -0.4 is 0 Å². The van der Waals surface area contributed by atoms with Crippen molar-refractivity contribution in [2.45, 2.75) is 52.6 Å². The van der Waals surface area contributed by atoms with E-state index in [4.69, 9.17) is 9.05 Å². The van der Waals surface area contributed by atoms with Crippen molar-refractivity contribution in [3.8, 4) is 0 Å². The lowest BCUT2D eigenvalue weighted by Crippen LogP contribution is -2.46. The molecule has 1 fully saturated rings. The summed E-state index contributed by atoms with van der Waals surface area (Å²) in [6.07, 6.45) is 0. The SMILES string of the molecule is Cc1cc(CN2CCN([C@@H](C)c3nc(C(C)(C)C)no3)CC2)on1. The minimum Gasteiger partial charge on any atom is -0.360 e. The van der Waals surface area contributed by atoms with Crippen molar-refractivity contribution in [2.75, 3.05) is 26.2 Å². The first kappa shape index (κ1) is 17.1. The van der Waals surface area contributed by atoms with Crippen LogP contribution in [0.25, 0.3) is 0 Å². The van der Waals surface area contributed by atoms with Crippen LogP contribution in [0.5, 0.6) is 0 Å². The van der Waals surface area contributed by atoms with Crippen molar-refractivity contribution in [2.24, 2.45) is 0 Å². The molecule has 2 aromatic heterocycles. The average Bonchev–Trinajstić information content (AvgIpc) is 3.16. The van der Waals surface area contributed by atoms with E-state index in [1.165, 1.54) is 0 Å². The highest BCUT2D eigenvalue weighted by atomic mass is 16.5. The zero-order valence-electron chi connectivity index (χ0n) is 15.2.